The number of amides is 2. The first kappa shape index (κ1) is 22.1. The van der Waals surface area contributed by atoms with E-state index in [4.69, 9.17) is 9.84 Å². The summed E-state index contributed by atoms with van der Waals surface area (Å²) in [6.45, 7) is 7.08. The Hall–Kier alpha value is -3.13. The van der Waals surface area contributed by atoms with Gasteiger partial charge in [0.05, 0.1) is 24.3 Å². The van der Waals surface area contributed by atoms with Gasteiger partial charge in [-0.05, 0) is 56.5 Å². The number of nitrogens with zero attached hydrogens (tertiary/aromatic N) is 4. The highest BCUT2D eigenvalue weighted by atomic mass is 16.5. The van der Waals surface area contributed by atoms with Crippen molar-refractivity contribution in [3.63, 3.8) is 0 Å². The van der Waals surface area contributed by atoms with Gasteiger partial charge in [-0.15, -0.1) is 0 Å². The fourth-order valence-electron chi connectivity index (χ4n) is 4.16. The second kappa shape index (κ2) is 8.78. The minimum atomic E-state index is -0.727. The van der Waals surface area contributed by atoms with Crippen molar-refractivity contribution < 1.29 is 14.6 Å². The van der Waals surface area contributed by atoms with Crippen LogP contribution in [0.2, 0.25) is 0 Å². The van der Waals surface area contributed by atoms with Crippen molar-refractivity contribution in [1.82, 2.24) is 15.3 Å². The molecule has 0 saturated heterocycles. The van der Waals surface area contributed by atoms with E-state index >= 15 is 0 Å². The summed E-state index contributed by atoms with van der Waals surface area (Å²) in [5.41, 5.74) is 2.30. The zero-order chi connectivity index (χ0) is 22.9. The molecule has 0 bridgehead atoms. The van der Waals surface area contributed by atoms with Crippen LogP contribution in [-0.2, 0) is 6.54 Å². The fourth-order valence-corrected chi connectivity index (χ4v) is 4.16. The number of nitrogens with one attached hydrogen (secondary N) is 1. The Kier molecular flexibility index (Phi) is 6.06. The number of benzene rings is 1. The number of carbonyl (C=O) groups is 1. The minimum Gasteiger partial charge on any atom is -0.497 e. The number of carbonyl (C=O) groups excluding carboxylic acids is 1. The predicted octanol–water partition coefficient (Wildman–Crippen LogP) is 3.35. The normalized spacial score (nSPS) is 20.2. The number of aliphatic hydroxyl groups excluding tert-OH is 1. The van der Waals surface area contributed by atoms with Gasteiger partial charge in [0.1, 0.15) is 11.6 Å². The number of methoxy groups -OCH3 is 1. The summed E-state index contributed by atoms with van der Waals surface area (Å²) in [7, 11) is 1.62. The Bertz CT molecular complexity index is 1000. The molecule has 0 fully saturated rings. The van der Waals surface area contributed by atoms with Crippen LogP contribution in [0.5, 0.6) is 5.75 Å². The fraction of sp³-hybridized carbons (Fsp3) is 0.458. The molecule has 2 aliphatic heterocycles. The number of rotatable bonds is 5. The van der Waals surface area contributed by atoms with Crippen LogP contribution < -0.4 is 15.0 Å². The SMILES string of the molecule is CCC(C)(C)N1N=C2c3cccnc3N(C(=O)NCc3ccc(OC)cc3)CCC2C1O. The van der Waals surface area contributed by atoms with E-state index in [0.717, 1.165) is 29.0 Å². The molecule has 2 unspecified atom stereocenters. The van der Waals surface area contributed by atoms with Gasteiger partial charge in [-0.1, -0.05) is 19.1 Å². The van der Waals surface area contributed by atoms with E-state index in [2.05, 4.69) is 31.1 Å². The molecule has 2 amide bonds. The molecule has 32 heavy (non-hydrogen) atoms. The van der Waals surface area contributed by atoms with Crippen LogP contribution in [0.15, 0.2) is 47.7 Å². The molecule has 2 aromatic rings. The van der Waals surface area contributed by atoms with E-state index in [1.54, 1.807) is 18.2 Å². The lowest BCUT2D eigenvalue weighted by Crippen LogP contribution is -2.46. The van der Waals surface area contributed by atoms with Crippen LogP contribution in [0.4, 0.5) is 10.6 Å². The number of fused-ring (bicyclic) bond motifs is 3. The Morgan fingerprint density at radius 2 is 2.03 bits per heavy atom. The van der Waals surface area contributed by atoms with Gasteiger partial charge >= 0.3 is 6.03 Å². The molecule has 2 aliphatic rings. The number of hydrogen-bond acceptors (Lipinski definition) is 6. The van der Waals surface area contributed by atoms with Gasteiger partial charge in [0, 0.05) is 24.8 Å². The molecular weight excluding hydrogens is 406 g/mol. The third-order valence-electron chi connectivity index (χ3n) is 6.49. The lowest BCUT2D eigenvalue weighted by atomic mass is 9.93. The van der Waals surface area contributed by atoms with Crippen molar-refractivity contribution in [1.29, 1.82) is 0 Å². The Balaban J connectivity index is 1.58. The lowest BCUT2D eigenvalue weighted by Gasteiger charge is -2.37. The summed E-state index contributed by atoms with van der Waals surface area (Å²) in [5.74, 6) is 1.17. The molecule has 3 heterocycles. The number of pyridine rings is 1. The third-order valence-corrected chi connectivity index (χ3v) is 6.49. The highest BCUT2D eigenvalue weighted by Crippen LogP contribution is 2.38. The van der Waals surface area contributed by atoms with Crippen LogP contribution in [0.25, 0.3) is 0 Å². The first-order valence-corrected chi connectivity index (χ1v) is 11.1. The molecule has 0 aliphatic carbocycles. The van der Waals surface area contributed by atoms with Crippen molar-refractivity contribution in [3.05, 3.63) is 53.7 Å². The predicted molar refractivity (Wildman–Crippen MR) is 124 cm³/mol. The van der Waals surface area contributed by atoms with Gasteiger partial charge in [-0.25, -0.2) is 9.78 Å². The van der Waals surface area contributed by atoms with Crippen molar-refractivity contribution in [3.8, 4) is 5.75 Å². The maximum Gasteiger partial charge on any atom is 0.323 e. The van der Waals surface area contributed by atoms with E-state index in [1.807, 2.05) is 41.4 Å². The highest BCUT2D eigenvalue weighted by Gasteiger charge is 2.45. The van der Waals surface area contributed by atoms with Crippen molar-refractivity contribution in [2.75, 3.05) is 18.6 Å². The van der Waals surface area contributed by atoms with E-state index in [-0.39, 0.29) is 17.5 Å². The summed E-state index contributed by atoms with van der Waals surface area (Å²) in [6, 6.07) is 11.1. The number of anilines is 1. The monoisotopic (exact) mass is 437 g/mol. The highest BCUT2D eigenvalue weighted by molar-refractivity contribution is 6.10. The second-order valence-corrected chi connectivity index (χ2v) is 8.84. The van der Waals surface area contributed by atoms with Crippen molar-refractivity contribution >= 4 is 17.6 Å². The van der Waals surface area contributed by atoms with Gasteiger partial charge in [-0.2, -0.15) is 5.10 Å². The Labute approximate surface area is 188 Å². The molecule has 1 aromatic heterocycles. The van der Waals surface area contributed by atoms with Crippen LogP contribution in [0.3, 0.4) is 0 Å². The van der Waals surface area contributed by atoms with E-state index in [1.165, 1.54) is 0 Å². The second-order valence-electron chi connectivity index (χ2n) is 8.84. The molecule has 4 rings (SSSR count). The molecule has 2 atom stereocenters. The van der Waals surface area contributed by atoms with Crippen molar-refractivity contribution in [2.24, 2.45) is 11.0 Å². The van der Waals surface area contributed by atoms with Crippen LogP contribution in [0, 0.1) is 5.92 Å². The number of urea groups is 1. The third kappa shape index (κ3) is 4.02. The molecule has 0 saturated carbocycles. The maximum absolute atomic E-state index is 13.1. The summed E-state index contributed by atoms with van der Waals surface area (Å²) in [5, 5.41) is 20.7. The molecule has 8 heteroatoms. The number of hydrogen-bond donors (Lipinski definition) is 2. The number of ether oxygens (including phenoxy) is 1. The molecule has 8 nitrogen and oxygen atoms in total. The summed E-state index contributed by atoms with van der Waals surface area (Å²) >= 11 is 0. The largest absolute Gasteiger partial charge is 0.497 e. The van der Waals surface area contributed by atoms with Gasteiger partial charge in [0.25, 0.3) is 0 Å². The average Bonchev–Trinajstić information content (AvgIpc) is 3.05. The maximum atomic E-state index is 13.1. The Morgan fingerprint density at radius 3 is 2.72 bits per heavy atom. The molecule has 0 spiro atoms. The Morgan fingerprint density at radius 1 is 1.28 bits per heavy atom. The molecule has 0 radical (unpaired) electrons. The zero-order valence-corrected chi connectivity index (χ0v) is 19.1. The zero-order valence-electron chi connectivity index (χ0n) is 19.1. The quantitative estimate of drug-likeness (QED) is 0.749. The van der Waals surface area contributed by atoms with Crippen LogP contribution in [0.1, 0.15) is 44.7 Å². The van der Waals surface area contributed by atoms with Crippen LogP contribution in [-0.4, -0.2) is 52.3 Å². The smallest absolute Gasteiger partial charge is 0.323 e. The average molecular weight is 438 g/mol. The topological polar surface area (TPSA) is 90.3 Å². The van der Waals surface area contributed by atoms with E-state index in [0.29, 0.717) is 25.3 Å². The first-order valence-electron chi connectivity index (χ1n) is 11.1. The number of aromatic nitrogens is 1. The standard InChI is InChI=1S/C24H31N5O3/c1-5-24(2,3)29-22(30)19-12-14-28(21-18(20(19)27-29)7-6-13-25-21)23(31)26-15-16-8-10-17(32-4)11-9-16/h6-11,13,19,22,30H,5,12,14-15H2,1-4H3,(H,26,31). The summed E-state index contributed by atoms with van der Waals surface area (Å²) < 4.78 is 5.18. The number of hydrazone groups is 1. The van der Waals surface area contributed by atoms with E-state index < -0.39 is 6.23 Å². The van der Waals surface area contributed by atoms with Crippen LogP contribution >= 0.6 is 0 Å². The van der Waals surface area contributed by atoms with Gasteiger partial charge in [0.15, 0.2) is 6.23 Å². The number of aliphatic hydroxyl groups is 1. The lowest BCUT2D eigenvalue weighted by molar-refractivity contribution is -0.0615. The van der Waals surface area contributed by atoms with Crippen molar-refractivity contribution in [2.45, 2.75) is 51.9 Å². The summed E-state index contributed by atoms with van der Waals surface area (Å²) in [4.78, 5) is 19.3. The van der Waals surface area contributed by atoms with Gasteiger partial charge in [0.2, 0.25) is 0 Å². The molecular formula is C24H31N5O3. The molecule has 170 valence electrons. The minimum absolute atomic E-state index is 0.178. The summed E-state index contributed by atoms with van der Waals surface area (Å²) in [6.07, 6.45) is 2.41. The van der Waals surface area contributed by atoms with E-state index in [9.17, 15) is 9.90 Å². The molecule has 2 N–H and O–H groups in total. The molecule has 1 aromatic carbocycles. The first-order chi connectivity index (χ1) is 15.4. The van der Waals surface area contributed by atoms with Gasteiger partial charge in [-0.3, -0.25) is 9.91 Å². The van der Waals surface area contributed by atoms with Gasteiger partial charge < -0.3 is 15.2 Å².